The van der Waals surface area contributed by atoms with Crippen molar-refractivity contribution in [1.82, 2.24) is 5.32 Å². The first-order valence-electron chi connectivity index (χ1n) is 8.77. The number of non-ortho nitro benzene ring substituents is 1. The number of methoxy groups -OCH3 is 1. The largest absolute Gasteiger partial charge is 0.494 e. The van der Waals surface area contributed by atoms with Crippen molar-refractivity contribution in [3.05, 3.63) is 64.0 Å². The molecule has 2 rings (SSSR count). The minimum atomic E-state index is -0.455. The predicted molar refractivity (Wildman–Crippen MR) is 103 cm³/mol. The molecule has 0 aliphatic rings. The first-order valence-corrected chi connectivity index (χ1v) is 8.77. The van der Waals surface area contributed by atoms with E-state index >= 15 is 0 Å². The van der Waals surface area contributed by atoms with E-state index in [0.29, 0.717) is 19.6 Å². The molecule has 1 amide bonds. The number of rotatable bonds is 10. The van der Waals surface area contributed by atoms with Crippen LogP contribution in [-0.4, -0.2) is 44.6 Å². The number of halogens is 1. The van der Waals surface area contributed by atoms with Crippen molar-refractivity contribution in [3.63, 3.8) is 0 Å². The van der Waals surface area contributed by atoms with Gasteiger partial charge in [-0.05, 0) is 30.3 Å². The number of nitrogens with zero attached hydrogens (tertiary/aromatic N) is 1. The number of quaternary nitrogens is 1. The number of nitrogens with one attached hydrogen (secondary N) is 3. The molecule has 9 heteroatoms. The van der Waals surface area contributed by atoms with Gasteiger partial charge in [0.1, 0.15) is 6.54 Å². The summed E-state index contributed by atoms with van der Waals surface area (Å²) in [5.41, 5.74) is 1.55. The van der Waals surface area contributed by atoms with E-state index in [-0.39, 0.29) is 23.9 Å². The molecule has 2 aromatic carbocycles. The molecule has 2 aromatic rings. The number of nitro groups is 1. The van der Waals surface area contributed by atoms with Gasteiger partial charge in [0.05, 0.1) is 19.1 Å². The summed E-state index contributed by atoms with van der Waals surface area (Å²) in [6.45, 7) is 1.67. The molecule has 0 spiro atoms. The Balaban J connectivity index is 1.68. The Morgan fingerprint density at radius 3 is 2.54 bits per heavy atom. The van der Waals surface area contributed by atoms with Gasteiger partial charge in [-0.3, -0.25) is 14.9 Å². The molecule has 150 valence electrons. The maximum Gasteiger partial charge on any atom is 0.275 e. The Morgan fingerprint density at radius 2 is 1.93 bits per heavy atom. The van der Waals surface area contributed by atoms with Crippen LogP contribution in [0.4, 0.5) is 15.8 Å². The number of carbonyl (C=O) groups excluding carboxylic acids is 1. The van der Waals surface area contributed by atoms with Crippen molar-refractivity contribution < 1.29 is 23.7 Å². The number of likely N-dealkylation sites (N-methyl/N-ethyl adjacent to an activating group) is 1. The summed E-state index contributed by atoms with van der Waals surface area (Å²) in [6.07, 6.45) is 0. The van der Waals surface area contributed by atoms with Crippen molar-refractivity contribution in [2.24, 2.45) is 0 Å². The quantitative estimate of drug-likeness (QED) is 0.319. The highest BCUT2D eigenvalue weighted by atomic mass is 19.1. The average Bonchev–Trinajstić information content (AvgIpc) is 2.65. The van der Waals surface area contributed by atoms with Gasteiger partial charge in [-0.15, -0.1) is 0 Å². The Hall–Kier alpha value is -3.20. The van der Waals surface area contributed by atoms with Crippen LogP contribution in [0.15, 0.2) is 42.5 Å². The van der Waals surface area contributed by atoms with Crippen LogP contribution in [0.5, 0.6) is 5.75 Å². The molecular formula is C19H24FN4O4+. The van der Waals surface area contributed by atoms with Gasteiger partial charge < -0.3 is 20.3 Å². The summed E-state index contributed by atoms with van der Waals surface area (Å²) in [5.74, 6) is -0.341. The van der Waals surface area contributed by atoms with E-state index in [4.69, 9.17) is 4.74 Å². The fourth-order valence-corrected chi connectivity index (χ4v) is 2.68. The first kappa shape index (κ1) is 21.1. The lowest BCUT2D eigenvalue weighted by molar-refractivity contribution is -0.885. The molecule has 1 atom stereocenters. The van der Waals surface area contributed by atoms with Gasteiger partial charge in [0.15, 0.2) is 18.1 Å². The molecule has 0 aliphatic heterocycles. The average molecular weight is 391 g/mol. The molecule has 28 heavy (non-hydrogen) atoms. The summed E-state index contributed by atoms with van der Waals surface area (Å²) < 4.78 is 18.6. The second-order valence-corrected chi connectivity index (χ2v) is 6.36. The highest BCUT2D eigenvalue weighted by Gasteiger charge is 2.12. The Kier molecular flexibility index (Phi) is 7.70. The molecule has 0 saturated heterocycles. The summed E-state index contributed by atoms with van der Waals surface area (Å²) in [6, 6.07) is 10.8. The van der Waals surface area contributed by atoms with Gasteiger partial charge in [-0.25, -0.2) is 4.39 Å². The molecular weight excluding hydrogens is 367 g/mol. The van der Waals surface area contributed by atoms with Crippen LogP contribution in [0.1, 0.15) is 5.56 Å². The molecule has 0 fully saturated rings. The zero-order valence-corrected chi connectivity index (χ0v) is 15.8. The van der Waals surface area contributed by atoms with Gasteiger partial charge in [-0.1, -0.05) is 0 Å². The van der Waals surface area contributed by atoms with Crippen LogP contribution in [0.25, 0.3) is 0 Å². The third-order valence-electron chi connectivity index (χ3n) is 4.04. The molecule has 0 saturated carbocycles. The van der Waals surface area contributed by atoms with Gasteiger partial charge in [-0.2, -0.15) is 0 Å². The fourth-order valence-electron chi connectivity index (χ4n) is 2.68. The fraction of sp³-hybridized carbons (Fsp3) is 0.316. The Morgan fingerprint density at radius 1 is 1.21 bits per heavy atom. The van der Waals surface area contributed by atoms with Gasteiger partial charge in [0.25, 0.3) is 11.6 Å². The highest BCUT2D eigenvalue weighted by molar-refractivity contribution is 5.76. The summed E-state index contributed by atoms with van der Waals surface area (Å²) >= 11 is 0. The van der Waals surface area contributed by atoms with Crippen LogP contribution in [0, 0.1) is 15.9 Å². The number of benzene rings is 2. The number of ether oxygens (including phenoxy) is 1. The summed E-state index contributed by atoms with van der Waals surface area (Å²) in [7, 11) is 3.27. The number of nitro benzene ring substituents is 1. The maximum atomic E-state index is 13.7. The third kappa shape index (κ3) is 6.51. The van der Waals surface area contributed by atoms with Gasteiger partial charge in [0, 0.05) is 36.5 Å². The number of hydrogen-bond donors (Lipinski definition) is 3. The van der Waals surface area contributed by atoms with Crippen molar-refractivity contribution in [1.29, 1.82) is 0 Å². The van der Waals surface area contributed by atoms with Crippen molar-refractivity contribution >= 4 is 17.3 Å². The second kappa shape index (κ2) is 10.2. The van der Waals surface area contributed by atoms with Crippen LogP contribution in [0.2, 0.25) is 0 Å². The van der Waals surface area contributed by atoms with Crippen LogP contribution in [0.3, 0.4) is 0 Å². The van der Waals surface area contributed by atoms with E-state index in [1.807, 2.05) is 7.05 Å². The summed E-state index contributed by atoms with van der Waals surface area (Å²) in [4.78, 5) is 23.1. The lowest BCUT2D eigenvalue weighted by atomic mass is 10.2. The first-order chi connectivity index (χ1) is 13.4. The number of amides is 1. The van der Waals surface area contributed by atoms with Gasteiger partial charge >= 0.3 is 0 Å². The highest BCUT2D eigenvalue weighted by Crippen LogP contribution is 2.17. The monoisotopic (exact) mass is 391 g/mol. The minimum Gasteiger partial charge on any atom is -0.494 e. The van der Waals surface area contributed by atoms with Crippen LogP contribution >= 0.6 is 0 Å². The molecule has 0 aliphatic carbocycles. The lowest BCUT2D eigenvalue weighted by Crippen LogP contribution is -3.08. The van der Waals surface area contributed by atoms with E-state index in [1.165, 1.54) is 25.3 Å². The normalized spacial score (nSPS) is 11.5. The number of carbonyl (C=O) groups is 1. The topological polar surface area (TPSA) is 97.9 Å². The molecule has 1 unspecified atom stereocenters. The zero-order valence-electron chi connectivity index (χ0n) is 15.8. The van der Waals surface area contributed by atoms with E-state index < -0.39 is 10.7 Å². The number of hydrogen-bond acceptors (Lipinski definition) is 5. The second-order valence-electron chi connectivity index (χ2n) is 6.36. The van der Waals surface area contributed by atoms with Gasteiger partial charge in [0.2, 0.25) is 0 Å². The van der Waals surface area contributed by atoms with Crippen molar-refractivity contribution in [2.45, 2.75) is 6.54 Å². The van der Waals surface area contributed by atoms with Crippen molar-refractivity contribution in [2.75, 3.05) is 39.1 Å². The third-order valence-corrected chi connectivity index (χ3v) is 4.04. The van der Waals surface area contributed by atoms with Crippen LogP contribution < -0.4 is 20.3 Å². The van der Waals surface area contributed by atoms with Crippen molar-refractivity contribution in [3.8, 4) is 5.75 Å². The Labute approximate surface area is 162 Å². The lowest BCUT2D eigenvalue weighted by Gasteiger charge is -2.14. The molecule has 3 N–H and O–H groups in total. The molecule has 0 heterocycles. The molecule has 0 aromatic heterocycles. The standard InChI is InChI=1S/C19H23FN4O4/c1-23(12-14-3-8-18(28-2)17(20)11-14)13-19(25)22-10-9-21-15-4-6-16(7-5-15)24(26)27/h3-8,11,21H,9-10,12-13H2,1-2H3,(H,22,25)/p+1. The minimum absolute atomic E-state index is 0.0293. The SMILES string of the molecule is COc1ccc(C[NH+](C)CC(=O)NCCNc2ccc([N+](=O)[O-])cc2)cc1F. The zero-order chi connectivity index (χ0) is 20.5. The molecule has 0 radical (unpaired) electrons. The Bertz CT molecular complexity index is 814. The molecule has 0 bridgehead atoms. The van der Waals surface area contributed by atoms with E-state index in [2.05, 4.69) is 10.6 Å². The van der Waals surface area contributed by atoms with E-state index in [0.717, 1.165) is 16.2 Å². The van der Waals surface area contributed by atoms with Crippen LogP contribution in [-0.2, 0) is 11.3 Å². The number of anilines is 1. The van der Waals surface area contributed by atoms with E-state index in [9.17, 15) is 19.3 Å². The smallest absolute Gasteiger partial charge is 0.275 e. The van der Waals surface area contributed by atoms with E-state index in [1.54, 1.807) is 24.3 Å². The molecule has 8 nitrogen and oxygen atoms in total. The predicted octanol–water partition coefficient (Wildman–Crippen LogP) is 0.986. The summed E-state index contributed by atoms with van der Waals surface area (Å²) in [5, 5.41) is 16.5. The maximum absolute atomic E-state index is 13.7.